The highest BCUT2D eigenvalue weighted by atomic mass is 19.1. The number of tetrazole rings is 1. The van der Waals surface area contributed by atoms with Crippen LogP contribution in [0.15, 0.2) is 36.4 Å². The van der Waals surface area contributed by atoms with Crippen LogP contribution >= 0.6 is 0 Å². The van der Waals surface area contributed by atoms with Gasteiger partial charge in [-0.25, -0.2) is 9.07 Å². The van der Waals surface area contributed by atoms with Gasteiger partial charge < -0.3 is 9.84 Å². The van der Waals surface area contributed by atoms with Crippen molar-refractivity contribution in [2.45, 2.75) is 32.9 Å². The number of ether oxygens (including phenoxy) is 1. The minimum Gasteiger partial charge on any atom is -0.494 e. The molecule has 3 rings (SSSR count). The molecule has 6 nitrogen and oxygen atoms in total. The number of aliphatic hydroxyl groups is 1. The van der Waals surface area contributed by atoms with Crippen LogP contribution in [0.1, 0.15) is 34.2 Å². The third-order valence-corrected chi connectivity index (χ3v) is 4.31. The highest BCUT2D eigenvalue weighted by molar-refractivity contribution is 5.32. The molecule has 1 unspecified atom stereocenters. The van der Waals surface area contributed by atoms with Gasteiger partial charge >= 0.3 is 0 Å². The fourth-order valence-electron chi connectivity index (χ4n) is 2.96. The van der Waals surface area contributed by atoms with Gasteiger partial charge in [-0.3, -0.25) is 0 Å². The fourth-order valence-corrected chi connectivity index (χ4v) is 2.96. The van der Waals surface area contributed by atoms with Gasteiger partial charge in [-0.2, -0.15) is 0 Å². The molecule has 0 saturated carbocycles. The number of methoxy groups -OCH3 is 1. The molecule has 0 amide bonds. The molecule has 0 bridgehead atoms. The number of nitrogens with zero attached hydrogens (tertiary/aromatic N) is 4. The van der Waals surface area contributed by atoms with Gasteiger partial charge in [0.1, 0.15) is 0 Å². The molecular formula is C19H21FN4O2. The van der Waals surface area contributed by atoms with Crippen molar-refractivity contribution in [2.75, 3.05) is 7.11 Å². The molecule has 0 radical (unpaired) electrons. The van der Waals surface area contributed by atoms with Gasteiger partial charge in [-0.15, -0.1) is 5.10 Å². The summed E-state index contributed by atoms with van der Waals surface area (Å²) in [6.45, 7) is 4.20. The standard InChI is InChI=1S/C19H21FN4O2/c1-12-4-6-15(13(2)8-12)17(25)11-24-19(21-22-23-24)10-14-5-7-18(26-3)16(20)9-14/h4-9,17,25H,10-11H2,1-3H3. The second-order valence-corrected chi connectivity index (χ2v) is 6.30. The summed E-state index contributed by atoms with van der Waals surface area (Å²) in [5.41, 5.74) is 3.72. The average Bonchev–Trinajstić information content (AvgIpc) is 3.01. The smallest absolute Gasteiger partial charge is 0.165 e. The SMILES string of the molecule is COc1ccc(Cc2nnnn2CC(O)c2ccc(C)cc2C)cc1F. The zero-order chi connectivity index (χ0) is 18.7. The second-order valence-electron chi connectivity index (χ2n) is 6.30. The average molecular weight is 356 g/mol. The molecule has 0 saturated heterocycles. The van der Waals surface area contributed by atoms with Crippen molar-refractivity contribution in [3.05, 3.63) is 70.3 Å². The lowest BCUT2D eigenvalue weighted by Gasteiger charge is -2.15. The highest BCUT2D eigenvalue weighted by Gasteiger charge is 2.16. The van der Waals surface area contributed by atoms with Crippen LogP contribution in [0.25, 0.3) is 0 Å². The van der Waals surface area contributed by atoms with Crippen molar-refractivity contribution in [1.29, 1.82) is 0 Å². The normalized spacial score (nSPS) is 12.2. The first-order valence-electron chi connectivity index (χ1n) is 8.30. The maximum absolute atomic E-state index is 13.9. The van der Waals surface area contributed by atoms with Crippen molar-refractivity contribution >= 4 is 0 Å². The number of benzene rings is 2. The third kappa shape index (κ3) is 3.88. The predicted molar refractivity (Wildman–Crippen MR) is 94.5 cm³/mol. The molecule has 2 aromatic carbocycles. The van der Waals surface area contributed by atoms with Crippen LogP contribution < -0.4 is 4.74 Å². The van der Waals surface area contributed by atoms with Gasteiger partial charge in [0.2, 0.25) is 0 Å². The Morgan fingerprint density at radius 2 is 2.00 bits per heavy atom. The molecule has 0 aliphatic heterocycles. The van der Waals surface area contributed by atoms with Crippen molar-refractivity contribution in [3.8, 4) is 5.75 Å². The molecule has 1 atom stereocenters. The van der Waals surface area contributed by atoms with E-state index < -0.39 is 11.9 Å². The van der Waals surface area contributed by atoms with E-state index in [-0.39, 0.29) is 12.3 Å². The molecule has 3 aromatic rings. The first kappa shape index (κ1) is 18.0. The Balaban J connectivity index is 1.77. The van der Waals surface area contributed by atoms with E-state index in [0.717, 1.165) is 22.3 Å². The minimum absolute atomic E-state index is 0.193. The molecule has 1 heterocycles. The molecule has 0 spiro atoms. The minimum atomic E-state index is -0.731. The van der Waals surface area contributed by atoms with Crippen molar-refractivity contribution in [1.82, 2.24) is 20.2 Å². The van der Waals surface area contributed by atoms with Gasteiger partial charge in [0.15, 0.2) is 17.4 Å². The predicted octanol–water partition coefficient (Wildman–Crippen LogP) is 2.76. The summed E-state index contributed by atoms with van der Waals surface area (Å²) in [5.74, 6) is 0.316. The lowest BCUT2D eigenvalue weighted by atomic mass is 10.0. The van der Waals surface area contributed by atoms with E-state index in [0.29, 0.717) is 12.2 Å². The topological polar surface area (TPSA) is 73.1 Å². The molecule has 0 aliphatic rings. The van der Waals surface area contributed by atoms with E-state index in [2.05, 4.69) is 15.5 Å². The molecule has 7 heteroatoms. The van der Waals surface area contributed by atoms with E-state index in [9.17, 15) is 9.50 Å². The quantitative estimate of drug-likeness (QED) is 0.735. The van der Waals surface area contributed by atoms with Gasteiger partial charge in [0.05, 0.1) is 19.8 Å². The van der Waals surface area contributed by atoms with Crippen LogP contribution in [0.4, 0.5) is 4.39 Å². The molecule has 0 fully saturated rings. The molecular weight excluding hydrogens is 335 g/mol. The highest BCUT2D eigenvalue weighted by Crippen LogP contribution is 2.22. The first-order valence-corrected chi connectivity index (χ1v) is 8.30. The summed E-state index contributed by atoms with van der Waals surface area (Å²) in [6.07, 6.45) is -0.376. The Labute approximate surface area is 151 Å². The Morgan fingerprint density at radius 1 is 1.19 bits per heavy atom. The fraction of sp³-hybridized carbons (Fsp3) is 0.316. The lowest BCUT2D eigenvalue weighted by molar-refractivity contribution is 0.148. The molecule has 1 aromatic heterocycles. The Hall–Kier alpha value is -2.80. The molecule has 0 aliphatic carbocycles. The van der Waals surface area contributed by atoms with E-state index >= 15 is 0 Å². The number of aryl methyl sites for hydroxylation is 2. The van der Waals surface area contributed by atoms with Gasteiger partial charge in [0.25, 0.3) is 0 Å². The van der Waals surface area contributed by atoms with Crippen molar-refractivity contribution in [2.24, 2.45) is 0 Å². The van der Waals surface area contributed by atoms with Gasteiger partial charge in [-0.1, -0.05) is 29.8 Å². The van der Waals surface area contributed by atoms with Crippen LogP contribution in [0, 0.1) is 19.7 Å². The Bertz CT molecular complexity index is 910. The summed E-state index contributed by atoms with van der Waals surface area (Å²) in [4.78, 5) is 0. The Kier molecular flexibility index (Phi) is 5.27. The van der Waals surface area contributed by atoms with E-state index in [4.69, 9.17) is 4.74 Å². The maximum atomic E-state index is 13.9. The monoisotopic (exact) mass is 356 g/mol. The van der Waals surface area contributed by atoms with Crippen LogP contribution in [0.3, 0.4) is 0 Å². The van der Waals surface area contributed by atoms with Gasteiger partial charge in [-0.05, 0) is 53.1 Å². The summed E-state index contributed by atoms with van der Waals surface area (Å²) < 4.78 is 20.3. The van der Waals surface area contributed by atoms with Crippen LogP contribution in [-0.2, 0) is 13.0 Å². The summed E-state index contributed by atoms with van der Waals surface area (Å²) in [5, 5.41) is 22.2. The molecule has 1 N–H and O–H groups in total. The van der Waals surface area contributed by atoms with Crippen molar-refractivity contribution < 1.29 is 14.2 Å². The summed E-state index contributed by atoms with van der Waals surface area (Å²) in [6, 6.07) is 10.6. The van der Waals surface area contributed by atoms with E-state index in [1.54, 1.807) is 16.8 Å². The summed E-state index contributed by atoms with van der Waals surface area (Å²) >= 11 is 0. The van der Waals surface area contributed by atoms with Crippen LogP contribution in [-0.4, -0.2) is 32.4 Å². The Morgan fingerprint density at radius 3 is 2.69 bits per heavy atom. The van der Waals surface area contributed by atoms with Crippen LogP contribution in [0.2, 0.25) is 0 Å². The van der Waals surface area contributed by atoms with Gasteiger partial charge in [0, 0.05) is 6.42 Å². The zero-order valence-corrected chi connectivity index (χ0v) is 15.0. The number of hydrogen-bond donors (Lipinski definition) is 1. The molecule has 136 valence electrons. The summed E-state index contributed by atoms with van der Waals surface area (Å²) in [7, 11) is 1.42. The largest absolute Gasteiger partial charge is 0.494 e. The van der Waals surface area contributed by atoms with Crippen LogP contribution in [0.5, 0.6) is 5.75 Å². The number of halogens is 1. The first-order chi connectivity index (χ1) is 12.5. The van der Waals surface area contributed by atoms with E-state index in [1.807, 2.05) is 32.0 Å². The lowest BCUT2D eigenvalue weighted by Crippen LogP contribution is -2.14. The second kappa shape index (κ2) is 7.61. The molecule has 26 heavy (non-hydrogen) atoms. The van der Waals surface area contributed by atoms with E-state index in [1.165, 1.54) is 13.2 Å². The number of aromatic nitrogens is 4. The third-order valence-electron chi connectivity index (χ3n) is 4.31. The zero-order valence-electron chi connectivity index (χ0n) is 15.0. The maximum Gasteiger partial charge on any atom is 0.165 e. The number of rotatable bonds is 6. The van der Waals surface area contributed by atoms with Crippen molar-refractivity contribution in [3.63, 3.8) is 0 Å². The number of aliphatic hydroxyl groups excluding tert-OH is 1. The number of hydrogen-bond acceptors (Lipinski definition) is 5.